The smallest absolute Gasteiger partial charge is 0.308 e. The maximum atomic E-state index is 12.9. The molecule has 224 valence electrons. The highest BCUT2D eigenvalue weighted by Crippen LogP contribution is 2.15. The average molecular weight is 578 g/mol. The second-order valence-electron chi connectivity index (χ2n) is 9.94. The highest BCUT2D eigenvalue weighted by molar-refractivity contribution is 7.80. The van der Waals surface area contributed by atoms with Gasteiger partial charge < -0.3 is 24.4 Å². The first kappa shape index (κ1) is 33.5. The van der Waals surface area contributed by atoms with Crippen LogP contribution in [0.2, 0.25) is 0 Å². The van der Waals surface area contributed by atoms with Crippen molar-refractivity contribution in [2.75, 3.05) is 39.5 Å². The van der Waals surface area contributed by atoms with Gasteiger partial charge in [-0.05, 0) is 43.8 Å². The lowest BCUT2D eigenvalue weighted by atomic mass is 10.1. The third-order valence-electron chi connectivity index (χ3n) is 6.73. The highest BCUT2D eigenvalue weighted by Gasteiger charge is 2.34. The fourth-order valence-electron chi connectivity index (χ4n) is 4.48. The van der Waals surface area contributed by atoms with Gasteiger partial charge in [-0.25, -0.2) is 0 Å². The van der Waals surface area contributed by atoms with E-state index >= 15 is 0 Å². The lowest BCUT2D eigenvalue weighted by Gasteiger charge is -2.36. The van der Waals surface area contributed by atoms with E-state index in [2.05, 4.69) is 17.6 Å². The number of hydrogen-bond donors (Lipinski definition) is 2. The monoisotopic (exact) mass is 577 g/mol. The Bertz CT molecular complexity index is 928. The van der Waals surface area contributed by atoms with Crippen LogP contribution in [0.5, 0.6) is 5.75 Å². The van der Waals surface area contributed by atoms with Crippen LogP contribution in [0, 0.1) is 0 Å². The van der Waals surface area contributed by atoms with Gasteiger partial charge in [0, 0.05) is 25.3 Å². The number of nitrogens with zero attached hydrogens (tertiary/aromatic N) is 1. The van der Waals surface area contributed by atoms with Crippen molar-refractivity contribution >= 4 is 35.1 Å². The molecule has 2 amide bonds. The molecule has 1 aliphatic rings. The van der Waals surface area contributed by atoms with E-state index in [9.17, 15) is 14.4 Å². The van der Waals surface area contributed by atoms with E-state index in [0.29, 0.717) is 50.8 Å². The molecule has 40 heavy (non-hydrogen) atoms. The summed E-state index contributed by atoms with van der Waals surface area (Å²) in [4.78, 5) is 39.5. The molecular formula is C30H47N3O6S. The fourth-order valence-corrected chi connectivity index (χ4v) is 4.80. The topological polar surface area (TPSA) is 106 Å². The minimum absolute atomic E-state index is 0.0926. The molecule has 0 aromatic heterocycles. The van der Waals surface area contributed by atoms with E-state index in [4.69, 9.17) is 26.4 Å². The van der Waals surface area contributed by atoms with Crippen LogP contribution in [0.15, 0.2) is 24.3 Å². The van der Waals surface area contributed by atoms with Gasteiger partial charge in [0.15, 0.2) is 5.11 Å². The maximum absolute atomic E-state index is 12.9. The van der Waals surface area contributed by atoms with Crippen molar-refractivity contribution in [1.82, 2.24) is 15.5 Å². The first-order valence-corrected chi connectivity index (χ1v) is 15.2. The molecule has 0 spiro atoms. The summed E-state index contributed by atoms with van der Waals surface area (Å²) in [6.45, 7) is 6.65. The van der Waals surface area contributed by atoms with Gasteiger partial charge in [0.1, 0.15) is 18.4 Å². The Hall–Kier alpha value is -2.72. The van der Waals surface area contributed by atoms with Crippen molar-refractivity contribution in [2.45, 2.75) is 90.5 Å². The number of amides is 2. The molecule has 1 heterocycles. The molecule has 1 unspecified atom stereocenters. The summed E-state index contributed by atoms with van der Waals surface area (Å²) in [5, 5.41) is 5.55. The summed E-state index contributed by atoms with van der Waals surface area (Å²) in [5.41, 5.74) is 0.366. The van der Waals surface area contributed by atoms with Crippen LogP contribution in [0.1, 0.15) is 94.8 Å². The van der Waals surface area contributed by atoms with E-state index in [1.54, 1.807) is 29.2 Å². The van der Waals surface area contributed by atoms with Crippen molar-refractivity contribution in [3.63, 3.8) is 0 Å². The number of ether oxygens (including phenoxy) is 3. The minimum atomic E-state index is -0.838. The van der Waals surface area contributed by atoms with Crippen LogP contribution >= 0.6 is 12.2 Å². The number of hydrogen-bond acceptors (Lipinski definition) is 7. The Kier molecular flexibility index (Phi) is 16.9. The Morgan fingerprint density at radius 3 is 2.40 bits per heavy atom. The Morgan fingerprint density at radius 1 is 1.00 bits per heavy atom. The predicted octanol–water partition coefficient (Wildman–Crippen LogP) is 4.77. The molecule has 1 saturated heterocycles. The lowest BCUT2D eigenvalue weighted by molar-refractivity contribution is -0.147. The standard InChI is InChI=1S/C30H47N3O6S/c1-3-5-6-7-8-9-10-11-12-13-19-39-27(34)23-26-29(36)31-17-18-33(26)30(40)32-28(35)24-15-14-16-25(22-24)38-21-20-37-4-2/h14-16,22,26H,3-13,17-21,23H2,1-2H3,(H,31,36)(H,32,35,40). The highest BCUT2D eigenvalue weighted by atomic mass is 32.1. The molecule has 0 bridgehead atoms. The summed E-state index contributed by atoms with van der Waals surface area (Å²) in [6, 6.07) is 5.91. The average Bonchev–Trinajstić information content (AvgIpc) is 2.95. The molecule has 1 atom stereocenters. The van der Waals surface area contributed by atoms with Gasteiger partial charge in [-0.3, -0.25) is 19.7 Å². The molecule has 0 saturated carbocycles. The zero-order valence-corrected chi connectivity index (χ0v) is 25.0. The Morgan fingerprint density at radius 2 is 1.70 bits per heavy atom. The van der Waals surface area contributed by atoms with Gasteiger partial charge in [-0.2, -0.15) is 0 Å². The molecule has 0 radical (unpaired) electrons. The number of rotatable bonds is 19. The third kappa shape index (κ3) is 13.1. The van der Waals surface area contributed by atoms with Gasteiger partial charge in [-0.1, -0.05) is 70.8 Å². The van der Waals surface area contributed by atoms with Gasteiger partial charge >= 0.3 is 5.97 Å². The van der Waals surface area contributed by atoms with Crippen LogP contribution in [-0.2, 0) is 19.1 Å². The van der Waals surface area contributed by atoms with E-state index in [1.165, 1.54) is 44.9 Å². The SMILES string of the molecule is CCCCCCCCCCCCOC(=O)CC1C(=O)NCCN1C(=S)NC(=O)c1cccc(OCCOCC)c1. The van der Waals surface area contributed by atoms with Crippen molar-refractivity contribution in [1.29, 1.82) is 0 Å². The molecular weight excluding hydrogens is 530 g/mol. The van der Waals surface area contributed by atoms with Crippen LogP contribution in [0.3, 0.4) is 0 Å². The minimum Gasteiger partial charge on any atom is -0.491 e. The second-order valence-corrected chi connectivity index (χ2v) is 10.3. The van der Waals surface area contributed by atoms with Crippen LogP contribution < -0.4 is 15.4 Å². The number of carbonyl (C=O) groups is 3. The Labute approximate surface area is 244 Å². The maximum Gasteiger partial charge on any atom is 0.308 e. The molecule has 0 aliphatic carbocycles. The normalized spacial score (nSPS) is 14.9. The number of benzene rings is 1. The summed E-state index contributed by atoms with van der Waals surface area (Å²) >= 11 is 5.47. The third-order valence-corrected chi connectivity index (χ3v) is 7.07. The number of piperazine rings is 1. The molecule has 2 N–H and O–H groups in total. The van der Waals surface area contributed by atoms with Gasteiger partial charge in [0.05, 0.1) is 19.6 Å². The second kappa shape index (κ2) is 20.2. The molecule has 9 nitrogen and oxygen atoms in total. The van der Waals surface area contributed by atoms with Crippen LogP contribution in [0.25, 0.3) is 0 Å². The van der Waals surface area contributed by atoms with Crippen molar-refractivity contribution in [3.8, 4) is 5.75 Å². The molecule has 10 heteroatoms. The van der Waals surface area contributed by atoms with Gasteiger partial charge in [0.25, 0.3) is 5.91 Å². The van der Waals surface area contributed by atoms with Crippen molar-refractivity contribution in [3.05, 3.63) is 29.8 Å². The number of unbranched alkanes of at least 4 members (excludes halogenated alkanes) is 9. The van der Waals surface area contributed by atoms with E-state index < -0.39 is 17.9 Å². The zero-order valence-electron chi connectivity index (χ0n) is 24.2. The molecule has 1 fully saturated rings. The summed E-state index contributed by atoms with van der Waals surface area (Å²) in [6.07, 6.45) is 11.9. The number of esters is 1. The quantitative estimate of drug-likeness (QED) is 0.138. The first-order valence-electron chi connectivity index (χ1n) is 14.8. The van der Waals surface area contributed by atoms with Crippen LogP contribution in [0.4, 0.5) is 0 Å². The molecule has 1 aromatic rings. The van der Waals surface area contributed by atoms with E-state index in [1.807, 2.05) is 6.92 Å². The number of thiocarbonyl (C=S) groups is 1. The first-order chi connectivity index (χ1) is 19.5. The summed E-state index contributed by atoms with van der Waals surface area (Å²) in [7, 11) is 0. The number of carbonyl (C=O) groups excluding carboxylic acids is 3. The van der Waals surface area contributed by atoms with Gasteiger partial charge in [-0.15, -0.1) is 0 Å². The summed E-state index contributed by atoms with van der Waals surface area (Å²) in [5.74, 6) is -0.649. The van der Waals surface area contributed by atoms with Crippen molar-refractivity contribution in [2.24, 2.45) is 0 Å². The van der Waals surface area contributed by atoms with Crippen LogP contribution in [-0.4, -0.2) is 73.4 Å². The molecule has 1 aromatic carbocycles. The van der Waals surface area contributed by atoms with Gasteiger partial charge in [0.2, 0.25) is 5.91 Å². The Balaban J connectivity index is 1.75. The summed E-state index contributed by atoms with van der Waals surface area (Å²) < 4.78 is 16.3. The predicted molar refractivity (Wildman–Crippen MR) is 159 cm³/mol. The van der Waals surface area contributed by atoms with E-state index in [0.717, 1.165) is 19.3 Å². The number of nitrogens with one attached hydrogen (secondary N) is 2. The lowest BCUT2D eigenvalue weighted by Crippen LogP contribution is -2.60. The molecule has 2 rings (SSSR count). The molecule has 1 aliphatic heterocycles. The van der Waals surface area contributed by atoms with E-state index in [-0.39, 0.29) is 17.4 Å². The van der Waals surface area contributed by atoms with Crippen molar-refractivity contribution < 1.29 is 28.6 Å². The fraction of sp³-hybridized carbons (Fsp3) is 0.667. The largest absolute Gasteiger partial charge is 0.491 e. The zero-order chi connectivity index (χ0) is 29.0.